The van der Waals surface area contributed by atoms with Gasteiger partial charge in [0, 0.05) is 19.2 Å². The highest BCUT2D eigenvalue weighted by molar-refractivity contribution is 7.89. The van der Waals surface area contributed by atoms with Gasteiger partial charge in [0.05, 0.1) is 11.0 Å². The Morgan fingerprint density at radius 1 is 1.11 bits per heavy atom. The molecule has 6 nitrogen and oxygen atoms in total. The lowest BCUT2D eigenvalue weighted by Gasteiger charge is -2.11. The molecule has 0 aromatic heterocycles. The van der Waals surface area contributed by atoms with Crippen LogP contribution in [-0.4, -0.2) is 27.0 Å². The predicted molar refractivity (Wildman–Crippen MR) is 106 cm³/mol. The molecule has 7 heteroatoms. The number of anilines is 1. The lowest BCUT2D eigenvalue weighted by molar-refractivity contribution is -0.114. The maximum absolute atomic E-state index is 12.3. The Labute approximate surface area is 161 Å². The first kappa shape index (κ1) is 20.9. The Bertz CT molecular complexity index is 862. The number of hydrogen-bond donors (Lipinski definition) is 2. The summed E-state index contributed by atoms with van der Waals surface area (Å²) in [6.45, 7) is 5.69. The van der Waals surface area contributed by atoms with Gasteiger partial charge in [0.1, 0.15) is 5.75 Å². The van der Waals surface area contributed by atoms with Gasteiger partial charge in [-0.3, -0.25) is 4.79 Å². The van der Waals surface area contributed by atoms with Crippen molar-refractivity contribution in [3.05, 3.63) is 54.1 Å². The van der Waals surface area contributed by atoms with Crippen LogP contribution in [0.2, 0.25) is 0 Å². The number of ether oxygens (including phenoxy) is 1. The molecule has 2 rings (SSSR count). The van der Waals surface area contributed by atoms with Gasteiger partial charge in [-0.25, -0.2) is 13.1 Å². The fourth-order valence-corrected chi connectivity index (χ4v) is 3.62. The van der Waals surface area contributed by atoms with E-state index in [1.807, 2.05) is 38.1 Å². The van der Waals surface area contributed by atoms with Gasteiger partial charge in [-0.2, -0.15) is 0 Å². The second kappa shape index (κ2) is 9.53. The lowest BCUT2D eigenvalue weighted by Crippen LogP contribution is -2.25. The first-order valence-corrected chi connectivity index (χ1v) is 10.4. The molecule has 0 atom stereocenters. The standard InChI is InChI=1S/C20H26N2O4S/c1-15(2)26-19-8-4-6-17(14-19)7-5-13-21-27(24,25)20-11-9-18(10-12-20)22-16(3)23/h4,6,8-12,14-15,21H,5,7,13H2,1-3H3,(H,22,23). The number of carbonyl (C=O) groups is 1. The number of nitrogens with one attached hydrogen (secondary N) is 2. The van der Waals surface area contributed by atoms with Gasteiger partial charge in [0.2, 0.25) is 15.9 Å². The van der Waals surface area contributed by atoms with E-state index in [2.05, 4.69) is 10.0 Å². The lowest BCUT2D eigenvalue weighted by atomic mass is 10.1. The molecule has 0 aliphatic rings. The van der Waals surface area contributed by atoms with E-state index in [0.29, 0.717) is 18.7 Å². The van der Waals surface area contributed by atoms with Crippen LogP contribution in [0.3, 0.4) is 0 Å². The van der Waals surface area contributed by atoms with Crippen LogP contribution in [0.15, 0.2) is 53.4 Å². The molecule has 0 radical (unpaired) electrons. The van der Waals surface area contributed by atoms with E-state index < -0.39 is 10.0 Å². The van der Waals surface area contributed by atoms with Crippen molar-refractivity contribution in [3.63, 3.8) is 0 Å². The molecule has 0 aliphatic heterocycles. The zero-order valence-corrected chi connectivity index (χ0v) is 16.7. The van der Waals surface area contributed by atoms with Crippen molar-refractivity contribution in [2.45, 2.75) is 44.6 Å². The van der Waals surface area contributed by atoms with Crippen LogP contribution in [0.5, 0.6) is 5.75 Å². The Kier molecular flexibility index (Phi) is 7.38. The summed E-state index contributed by atoms with van der Waals surface area (Å²) in [4.78, 5) is 11.2. The summed E-state index contributed by atoms with van der Waals surface area (Å²) in [5, 5.41) is 2.61. The van der Waals surface area contributed by atoms with Crippen molar-refractivity contribution in [1.29, 1.82) is 0 Å². The monoisotopic (exact) mass is 390 g/mol. The third kappa shape index (κ3) is 7.03. The number of amides is 1. The summed E-state index contributed by atoms with van der Waals surface area (Å²) in [7, 11) is -3.57. The average Bonchev–Trinajstić information content (AvgIpc) is 2.58. The van der Waals surface area contributed by atoms with E-state index in [1.165, 1.54) is 19.1 Å². The minimum absolute atomic E-state index is 0.115. The summed E-state index contributed by atoms with van der Waals surface area (Å²) in [5.41, 5.74) is 1.66. The molecular formula is C20H26N2O4S. The van der Waals surface area contributed by atoms with E-state index in [9.17, 15) is 13.2 Å². The minimum Gasteiger partial charge on any atom is -0.491 e. The summed E-state index contributed by atoms with van der Waals surface area (Å²) in [6, 6.07) is 13.9. The molecule has 1 amide bonds. The second-order valence-corrected chi connectivity index (χ2v) is 8.29. The van der Waals surface area contributed by atoms with Crippen LogP contribution < -0.4 is 14.8 Å². The third-order valence-electron chi connectivity index (χ3n) is 3.69. The Balaban J connectivity index is 1.86. The first-order chi connectivity index (χ1) is 12.8. The van der Waals surface area contributed by atoms with Crippen molar-refractivity contribution in [3.8, 4) is 5.75 Å². The van der Waals surface area contributed by atoms with E-state index in [1.54, 1.807) is 12.1 Å². The van der Waals surface area contributed by atoms with Gasteiger partial charge in [-0.15, -0.1) is 0 Å². The van der Waals surface area contributed by atoms with Crippen molar-refractivity contribution in [1.82, 2.24) is 4.72 Å². The van der Waals surface area contributed by atoms with Crippen LogP contribution in [0.4, 0.5) is 5.69 Å². The normalized spacial score (nSPS) is 11.4. The van der Waals surface area contributed by atoms with Crippen molar-refractivity contribution in [2.75, 3.05) is 11.9 Å². The van der Waals surface area contributed by atoms with Crippen molar-refractivity contribution >= 4 is 21.6 Å². The third-order valence-corrected chi connectivity index (χ3v) is 5.17. The minimum atomic E-state index is -3.57. The maximum atomic E-state index is 12.3. The fraction of sp³-hybridized carbons (Fsp3) is 0.350. The molecule has 2 aromatic rings. The highest BCUT2D eigenvalue weighted by Gasteiger charge is 2.13. The highest BCUT2D eigenvalue weighted by Crippen LogP contribution is 2.17. The molecule has 0 heterocycles. The fourth-order valence-electron chi connectivity index (χ4n) is 2.55. The quantitative estimate of drug-likeness (QED) is 0.643. The van der Waals surface area contributed by atoms with Gasteiger partial charge in [0.15, 0.2) is 0 Å². The van der Waals surface area contributed by atoms with Crippen LogP contribution in [-0.2, 0) is 21.2 Å². The average molecular weight is 391 g/mol. The number of aryl methyl sites for hydroxylation is 1. The number of sulfonamides is 1. The predicted octanol–water partition coefficient (Wildman–Crippen LogP) is 3.34. The molecule has 0 spiro atoms. The van der Waals surface area contributed by atoms with Gasteiger partial charge >= 0.3 is 0 Å². The number of rotatable bonds is 9. The van der Waals surface area contributed by atoms with Gasteiger partial charge in [-0.1, -0.05) is 12.1 Å². The topological polar surface area (TPSA) is 84.5 Å². The summed E-state index contributed by atoms with van der Waals surface area (Å²) >= 11 is 0. The molecule has 0 fully saturated rings. The SMILES string of the molecule is CC(=O)Nc1ccc(S(=O)(=O)NCCCc2cccc(OC(C)C)c2)cc1. The Morgan fingerprint density at radius 2 is 1.81 bits per heavy atom. The van der Waals surface area contributed by atoms with Gasteiger partial charge in [0.25, 0.3) is 0 Å². The molecule has 0 saturated heterocycles. The molecule has 2 N–H and O–H groups in total. The molecule has 0 bridgehead atoms. The van der Waals surface area contributed by atoms with Crippen LogP contribution in [0.25, 0.3) is 0 Å². The largest absolute Gasteiger partial charge is 0.491 e. The smallest absolute Gasteiger partial charge is 0.240 e. The molecule has 27 heavy (non-hydrogen) atoms. The van der Waals surface area contributed by atoms with Gasteiger partial charge in [-0.05, 0) is 68.7 Å². The van der Waals surface area contributed by atoms with Crippen molar-refractivity contribution in [2.24, 2.45) is 0 Å². The molecule has 0 unspecified atom stereocenters. The Morgan fingerprint density at radius 3 is 2.44 bits per heavy atom. The first-order valence-electron chi connectivity index (χ1n) is 8.89. The van der Waals surface area contributed by atoms with E-state index in [-0.39, 0.29) is 16.9 Å². The number of carbonyl (C=O) groups excluding carboxylic acids is 1. The summed E-state index contributed by atoms with van der Waals surface area (Å²) in [5.74, 6) is 0.619. The maximum Gasteiger partial charge on any atom is 0.240 e. The number of benzene rings is 2. The zero-order chi connectivity index (χ0) is 19.9. The van der Waals surface area contributed by atoms with E-state index in [4.69, 9.17) is 4.74 Å². The number of hydrogen-bond acceptors (Lipinski definition) is 4. The summed E-state index contributed by atoms with van der Waals surface area (Å²) < 4.78 is 32.9. The molecule has 146 valence electrons. The van der Waals surface area contributed by atoms with E-state index >= 15 is 0 Å². The van der Waals surface area contributed by atoms with Crippen LogP contribution in [0, 0.1) is 0 Å². The molecule has 2 aromatic carbocycles. The molecule has 0 saturated carbocycles. The second-order valence-electron chi connectivity index (χ2n) is 6.52. The van der Waals surface area contributed by atoms with Crippen LogP contribution >= 0.6 is 0 Å². The van der Waals surface area contributed by atoms with Gasteiger partial charge < -0.3 is 10.1 Å². The van der Waals surface area contributed by atoms with Crippen molar-refractivity contribution < 1.29 is 17.9 Å². The highest BCUT2D eigenvalue weighted by atomic mass is 32.2. The van der Waals surface area contributed by atoms with E-state index in [0.717, 1.165) is 17.7 Å². The zero-order valence-electron chi connectivity index (χ0n) is 15.9. The van der Waals surface area contributed by atoms with Crippen LogP contribution in [0.1, 0.15) is 32.8 Å². The molecule has 0 aliphatic carbocycles. The molecular weight excluding hydrogens is 364 g/mol. The Hall–Kier alpha value is -2.38. The summed E-state index contributed by atoms with van der Waals surface area (Å²) in [6.07, 6.45) is 1.54.